The number of hydrogen-bond donors (Lipinski definition) is 2. The van der Waals surface area contributed by atoms with Gasteiger partial charge in [-0.3, -0.25) is 4.98 Å². The zero-order valence-electron chi connectivity index (χ0n) is 11.4. The minimum atomic E-state index is 0.471. The Morgan fingerprint density at radius 2 is 2.32 bits per heavy atom. The second-order valence-corrected chi connectivity index (χ2v) is 5.49. The van der Waals surface area contributed by atoms with Crippen LogP contribution in [0.2, 0.25) is 0 Å². The van der Waals surface area contributed by atoms with E-state index < -0.39 is 0 Å². The largest absolute Gasteiger partial charge is 0.381 e. The van der Waals surface area contributed by atoms with E-state index in [4.69, 9.17) is 0 Å². The van der Waals surface area contributed by atoms with Gasteiger partial charge in [0, 0.05) is 17.5 Å². The van der Waals surface area contributed by atoms with Crippen molar-refractivity contribution in [1.29, 1.82) is 0 Å². The lowest BCUT2D eigenvalue weighted by Gasteiger charge is -2.19. The lowest BCUT2D eigenvalue weighted by molar-refractivity contribution is 0.523. The van der Waals surface area contributed by atoms with Gasteiger partial charge in [0.2, 0.25) is 0 Å². The number of benzene rings is 1. The Kier molecular flexibility index (Phi) is 3.65. The van der Waals surface area contributed by atoms with Gasteiger partial charge < -0.3 is 10.6 Å². The van der Waals surface area contributed by atoms with Crippen LogP contribution in [0.4, 0.5) is 5.69 Å². The fourth-order valence-corrected chi connectivity index (χ4v) is 2.88. The highest BCUT2D eigenvalue weighted by Crippen LogP contribution is 2.18. The second-order valence-electron chi connectivity index (χ2n) is 5.49. The van der Waals surface area contributed by atoms with E-state index in [1.54, 1.807) is 0 Å². The van der Waals surface area contributed by atoms with Crippen LogP contribution in [0, 0.1) is 0 Å². The zero-order valence-corrected chi connectivity index (χ0v) is 11.4. The summed E-state index contributed by atoms with van der Waals surface area (Å²) in [5, 5.41) is 8.30. The normalized spacial score (nSPS) is 20.6. The summed E-state index contributed by atoms with van der Waals surface area (Å²) in [6.45, 7) is 3.42. The van der Waals surface area contributed by atoms with E-state index >= 15 is 0 Å². The molecule has 2 aromatic rings. The SMILES string of the molecule is CC(CC1CCCN1)Nc1cnc2ccccc2c1. The molecule has 19 heavy (non-hydrogen) atoms. The number of nitrogens with zero attached hydrogens (tertiary/aromatic N) is 1. The smallest absolute Gasteiger partial charge is 0.0703 e. The third kappa shape index (κ3) is 3.04. The fourth-order valence-electron chi connectivity index (χ4n) is 2.88. The molecule has 2 heterocycles. The number of anilines is 1. The van der Waals surface area contributed by atoms with Crippen LogP contribution in [0.1, 0.15) is 26.2 Å². The van der Waals surface area contributed by atoms with Crippen LogP contribution in [0.15, 0.2) is 36.5 Å². The molecule has 2 atom stereocenters. The van der Waals surface area contributed by atoms with Gasteiger partial charge in [0.1, 0.15) is 0 Å². The highest BCUT2D eigenvalue weighted by atomic mass is 15.0. The highest BCUT2D eigenvalue weighted by molar-refractivity contribution is 5.81. The maximum atomic E-state index is 4.49. The minimum absolute atomic E-state index is 0.471. The Balaban J connectivity index is 1.66. The number of pyridine rings is 1. The van der Waals surface area contributed by atoms with Crippen molar-refractivity contribution in [3.05, 3.63) is 36.5 Å². The summed E-state index contributed by atoms with van der Waals surface area (Å²) in [5.74, 6) is 0. The summed E-state index contributed by atoms with van der Waals surface area (Å²) in [4.78, 5) is 4.49. The van der Waals surface area contributed by atoms with Gasteiger partial charge in [0.25, 0.3) is 0 Å². The van der Waals surface area contributed by atoms with Crippen LogP contribution in [0.25, 0.3) is 10.9 Å². The van der Waals surface area contributed by atoms with Crippen LogP contribution in [0.3, 0.4) is 0 Å². The van der Waals surface area contributed by atoms with Crippen molar-refractivity contribution < 1.29 is 0 Å². The molecule has 1 aliphatic heterocycles. The lowest BCUT2D eigenvalue weighted by atomic mass is 10.1. The van der Waals surface area contributed by atoms with E-state index in [1.807, 2.05) is 18.3 Å². The first-order valence-electron chi connectivity index (χ1n) is 7.16. The first kappa shape index (κ1) is 12.4. The van der Waals surface area contributed by atoms with Gasteiger partial charge in [0.05, 0.1) is 17.4 Å². The van der Waals surface area contributed by atoms with Crippen molar-refractivity contribution in [3.63, 3.8) is 0 Å². The molecular formula is C16H21N3. The molecule has 0 radical (unpaired) electrons. The van der Waals surface area contributed by atoms with Crippen molar-refractivity contribution in [1.82, 2.24) is 10.3 Å². The third-order valence-corrected chi connectivity index (χ3v) is 3.80. The quantitative estimate of drug-likeness (QED) is 0.881. The molecule has 1 fully saturated rings. The Morgan fingerprint density at radius 1 is 1.42 bits per heavy atom. The van der Waals surface area contributed by atoms with Crippen LogP contribution >= 0.6 is 0 Å². The number of rotatable bonds is 4. The van der Waals surface area contributed by atoms with E-state index in [-0.39, 0.29) is 0 Å². The van der Waals surface area contributed by atoms with Gasteiger partial charge >= 0.3 is 0 Å². The molecule has 1 aromatic heterocycles. The van der Waals surface area contributed by atoms with Crippen molar-refractivity contribution in [2.75, 3.05) is 11.9 Å². The van der Waals surface area contributed by atoms with Crippen molar-refractivity contribution >= 4 is 16.6 Å². The molecule has 3 rings (SSSR count). The minimum Gasteiger partial charge on any atom is -0.381 e. The molecule has 100 valence electrons. The molecule has 1 aromatic carbocycles. The molecule has 0 aliphatic carbocycles. The van der Waals surface area contributed by atoms with Gasteiger partial charge in [-0.2, -0.15) is 0 Å². The average molecular weight is 255 g/mol. The summed E-state index contributed by atoms with van der Waals surface area (Å²) in [7, 11) is 0. The Bertz CT molecular complexity index is 546. The highest BCUT2D eigenvalue weighted by Gasteiger charge is 2.16. The molecule has 0 saturated carbocycles. The molecule has 1 saturated heterocycles. The maximum Gasteiger partial charge on any atom is 0.0703 e. The van der Waals surface area contributed by atoms with Crippen LogP contribution in [0.5, 0.6) is 0 Å². The van der Waals surface area contributed by atoms with E-state index in [1.165, 1.54) is 31.2 Å². The molecule has 2 N–H and O–H groups in total. The average Bonchev–Trinajstić information content (AvgIpc) is 2.91. The van der Waals surface area contributed by atoms with Crippen LogP contribution in [-0.4, -0.2) is 23.6 Å². The Labute approximate surface area is 114 Å². The van der Waals surface area contributed by atoms with Gasteiger partial charge in [-0.25, -0.2) is 0 Å². The first-order valence-corrected chi connectivity index (χ1v) is 7.16. The lowest BCUT2D eigenvalue weighted by Crippen LogP contribution is -2.29. The summed E-state index contributed by atoms with van der Waals surface area (Å²) < 4.78 is 0. The predicted octanol–water partition coefficient (Wildman–Crippen LogP) is 3.18. The van der Waals surface area contributed by atoms with Crippen molar-refractivity contribution in [2.24, 2.45) is 0 Å². The number of fused-ring (bicyclic) bond motifs is 1. The number of nitrogens with one attached hydrogen (secondary N) is 2. The number of hydrogen-bond acceptors (Lipinski definition) is 3. The standard InChI is InChI=1S/C16H21N3/c1-12(9-14-6-4-8-17-14)19-15-10-13-5-2-3-7-16(13)18-11-15/h2-3,5,7,10-12,14,17,19H,4,6,8-9H2,1H3. The number of aromatic nitrogens is 1. The van der Waals surface area contributed by atoms with Crippen molar-refractivity contribution in [2.45, 2.75) is 38.3 Å². The van der Waals surface area contributed by atoms with Crippen LogP contribution in [-0.2, 0) is 0 Å². The van der Waals surface area contributed by atoms with E-state index in [2.05, 4.69) is 40.7 Å². The fraction of sp³-hybridized carbons (Fsp3) is 0.438. The van der Waals surface area contributed by atoms with E-state index in [9.17, 15) is 0 Å². The summed E-state index contributed by atoms with van der Waals surface area (Å²) in [6.07, 6.45) is 5.73. The Hall–Kier alpha value is -1.61. The summed E-state index contributed by atoms with van der Waals surface area (Å²) >= 11 is 0. The third-order valence-electron chi connectivity index (χ3n) is 3.80. The van der Waals surface area contributed by atoms with Crippen LogP contribution < -0.4 is 10.6 Å². The molecule has 1 aliphatic rings. The Morgan fingerprint density at radius 3 is 3.16 bits per heavy atom. The van der Waals surface area contributed by atoms with Gasteiger partial charge in [-0.05, 0) is 44.9 Å². The molecule has 3 nitrogen and oxygen atoms in total. The predicted molar refractivity (Wildman–Crippen MR) is 80.5 cm³/mol. The van der Waals surface area contributed by atoms with E-state index in [0.717, 1.165) is 11.2 Å². The molecular weight excluding hydrogens is 234 g/mol. The first-order chi connectivity index (χ1) is 9.31. The van der Waals surface area contributed by atoms with Gasteiger partial charge in [-0.15, -0.1) is 0 Å². The monoisotopic (exact) mass is 255 g/mol. The molecule has 0 bridgehead atoms. The van der Waals surface area contributed by atoms with Gasteiger partial charge in [0.15, 0.2) is 0 Å². The maximum absolute atomic E-state index is 4.49. The topological polar surface area (TPSA) is 37.0 Å². The molecule has 2 unspecified atom stereocenters. The van der Waals surface area contributed by atoms with E-state index in [0.29, 0.717) is 12.1 Å². The second kappa shape index (κ2) is 5.57. The summed E-state index contributed by atoms with van der Waals surface area (Å²) in [6, 6.07) is 11.6. The molecule has 3 heteroatoms. The van der Waals surface area contributed by atoms with Gasteiger partial charge in [-0.1, -0.05) is 18.2 Å². The van der Waals surface area contributed by atoms with Crippen molar-refractivity contribution in [3.8, 4) is 0 Å². The summed E-state index contributed by atoms with van der Waals surface area (Å²) in [5.41, 5.74) is 2.17. The molecule has 0 spiro atoms. The number of para-hydroxylation sites is 1. The molecule has 0 amide bonds. The zero-order chi connectivity index (χ0) is 13.1.